The number of hydrogen-bond acceptors (Lipinski definition) is 2. The van der Waals surface area contributed by atoms with Gasteiger partial charge in [0.1, 0.15) is 0 Å². The van der Waals surface area contributed by atoms with Crippen molar-refractivity contribution in [3.05, 3.63) is 12.7 Å². The highest BCUT2D eigenvalue weighted by Crippen LogP contribution is 2.14. The number of carbonyl (C=O) groups is 1. The highest BCUT2D eigenvalue weighted by Gasteiger charge is 1.95. The molecule has 2 heteroatoms. The van der Waals surface area contributed by atoms with Crippen LogP contribution in [0.4, 0.5) is 0 Å². The number of ether oxygens (including phenoxy) is 1. The Bertz CT molecular complexity index is 92.3. The smallest absolute Gasteiger partial charge is 0.329 e. The molecule has 0 bridgehead atoms. The first-order chi connectivity index (χ1) is 4.31. The van der Waals surface area contributed by atoms with Gasteiger partial charge in [0, 0.05) is 6.08 Å². The predicted molar refractivity (Wildman–Crippen MR) is 36.1 cm³/mol. The molecular formula is C7H12O2. The van der Waals surface area contributed by atoms with E-state index >= 15 is 0 Å². The van der Waals surface area contributed by atoms with Gasteiger partial charge in [-0.05, 0) is 0 Å². The van der Waals surface area contributed by atoms with E-state index in [0.717, 1.165) is 6.08 Å². The maximum Gasteiger partial charge on any atom is 0.329 e. The highest BCUT2D eigenvalue weighted by molar-refractivity contribution is 5.80. The summed E-state index contributed by atoms with van der Waals surface area (Å²) in [6, 6.07) is 0. The Balaban J connectivity index is 0.000000173. The van der Waals surface area contributed by atoms with Crippen LogP contribution in [-0.4, -0.2) is 13.1 Å². The van der Waals surface area contributed by atoms with Crippen LogP contribution < -0.4 is 0 Å². The summed E-state index contributed by atoms with van der Waals surface area (Å²) in [7, 11) is 1.31. The third-order valence-corrected chi connectivity index (χ3v) is 0.721. The van der Waals surface area contributed by atoms with Crippen molar-refractivity contribution in [2.24, 2.45) is 0 Å². The average Bonchev–Trinajstić information content (AvgIpc) is 2.70. The summed E-state index contributed by atoms with van der Waals surface area (Å²) in [6.07, 6.45) is 5.61. The molecule has 0 N–H and O–H groups in total. The van der Waals surface area contributed by atoms with E-state index < -0.39 is 5.97 Å². The zero-order valence-electron chi connectivity index (χ0n) is 5.72. The first-order valence-electron chi connectivity index (χ1n) is 3.01. The number of esters is 1. The SMILES string of the molecule is C1CC1.C=CC(=O)OC. The molecule has 1 aliphatic rings. The zero-order valence-corrected chi connectivity index (χ0v) is 5.72. The second kappa shape index (κ2) is 5.35. The fourth-order valence-electron chi connectivity index (χ4n) is 0.0833. The molecule has 2 nitrogen and oxygen atoms in total. The maximum absolute atomic E-state index is 9.84. The van der Waals surface area contributed by atoms with E-state index in [1.54, 1.807) is 0 Å². The van der Waals surface area contributed by atoms with E-state index in [9.17, 15) is 4.79 Å². The van der Waals surface area contributed by atoms with E-state index in [4.69, 9.17) is 0 Å². The lowest BCUT2D eigenvalue weighted by molar-refractivity contribution is -0.134. The number of methoxy groups -OCH3 is 1. The molecule has 52 valence electrons. The quantitative estimate of drug-likeness (QED) is 0.395. The van der Waals surface area contributed by atoms with E-state index in [1.807, 2.05) is 0 Å². The minimum atomic E-state index is -0.394. The lowest BCUT2D eigenvalue weighted by atomic mass is 10.7. The minimum Gasteiger partial charge on any atom is -0.466 e. The van der Waals surface area contributed by atoms with Gasteiger partial charge in [-0.1, -0.05) is 25.8 Å². The fraction of sp³-hybridized carbons (Fsp3) is 0.571. The molecule has 0 aliphatic heterocycles. The topological polar surface area (TPSA) is 26.3 Å². The van der Waals surface area contributed by atoms with E-state index in [1.165, 1.54) is 26.4 Å². The molecule has 0 saturated heterocycles. The molecule has 1 aliphatic carbocycles. The zero-order chi connectivity index (χ0) is 7.11. The summed E-state index contributed by atoms with van der Waals surface area (Å²) in [5.74, 6) is -0.394. The van der Waals surface area contributed by atoms with Crippen molar-refractivity contribution in [1.29, 1.82) is 0 Å². The van der Waals surface area contributed by atoms with Gasteiger partial charge < -0.3 is 4.74 Å². The average molecular weight is 128 g/mol. The van der Waals surface area contributed by atoms with Crippen molar-refractivity contribution in [2.45, 2.75) is 19.3 Å². The number of hydrogen-bond donors (Lipinski definition) is 0. The van der Waals surface area contributed by atoms with Crippen LogP contribution in [0.1, 0.15) is 19.3 Å². The van der Waals surface area contributed by atoms with Crippen LogP contribution in [0.5, 0.6) is 0 Å². The Morgan fingerprint density at radius 3 is 2.00 bits per heavy atom. The van der Waals surface area contributed by atoms with Crippen LogP contribution >= 0.6 is 0 Å². The Kier molecular flexibility index (Phi) is 4.88. The molecule has 9 heavy (non-hydrogen) atoms. The van der Waals surface area contributed by atoms with Gasteiger partial charge in [0.2, 0.25) is 0 Å². The second-order valence-corrected chi connectivity index (χ2v) is 1.79. The van der Waals surface area contributed by atoms with Crippen molar-refractivity contribution < 1.29 is 9.53 Å². The summed E-state index contributed by atoms with van der Waals surface area (Å²) in [5, 5.41) is 0. The monoisotopic (exact) mass is 128 g/mol. The third-order valence-electron chi connectivity index (χ3n) is 0.721. The van der Waals surface area contributed by atoms with Crippen molar-refractivity contribution in [2.75, 3.05) is 7.11 Å². The van der Waals surface area contributed by atoms with Gasteiger partial charge in [-0.15, -0.1) is 0 Å². The normalized spacial score (nSPS) is 12.6. The van der Waals surface area contributed by atoms with Crippen LogP contribution in [0, 0.1) is 0 Å². The lowest BCUT2D eigenvalue weighted by Gasteiger charge is -1.83. The summed E-state index contributed by atoms with van der Waals surface area (Å²) >= 11 is 0. The molecule has 0 amide bonds. The van der Waals surface area contributed by atoms with Crippen LogP contribution in [-0.2, 0) is 9.53 Å². The standard InChI is InChI=1S/C4H6O2.C3H6/c1-3-4(5)6-2;1-2-3-1/h3H,1H2,2H3;1-3H2. The molecule has 0 aromatic carbocycles. The van der Waals surface area contributed by atoms with Gasteiger partial charge in [-0.2, -0.15) is 0 Å². The molecular weight excluding hydrogens is 116 g/mol. The number of carbonyl (C=O) groups excluding carboxylic acids is 1. The summed E-state index contributed by atoms with van der Waals surface area (Å²) in [5.41, 5.74) is 0. The van der Waals surface area contributed by atoms with E-state index in [-0.39, 0.29) is 0 Å². The van der Waals surface area contributed by atoms with Crippen molar-refractivity contribution >= 4 is 5.97 Å². The summed E-state index contributed by atoms with van der Waals surface area (Å²) < 4.78 is 4.14. The fourth-order valence-corrected chi connectivity index (χ4v) is 0.0833. The maximum atomic E-state index is 9.84. The van der Waals surface area contributed by atoms with Crippen LogP contribution in [0.3, 0.4) is 0 Å². The molecule has 0 heterocycles. The van der Waals surface area contributed by atoms with Gasteiger partial charge >= 0.3 is 5.97 Å². The van der Waals surface area contributed by atoms with Crippen molar-refractivity contribution in [3.8, 4) is 0 Å². The molecule has 0 radical (unpaired) electrons. The highest BCUT2D eigenvalue weighted by atomic mass is 16.5. The van der Waals surface area contributed by atoms with Crippen LogP contribution in [0.2, 0.25) is 0 Å². The number of rotatable bonds is 1. The Morgan fingerprint density at radius 2 is 2.00 bits per heavy atom. The predicted octanol–water partition coefficient (Wildman–Crippen LogP) is 1.52. The van der Waals surface area contributed by atoms with Gasteiger partial charge in [0.05, 0.1) is 7.11 Å². The van der Waals surface area contributed by atoms with Crippen LogP contribution in [0.15, 0.2) is 12.7 Å². The second-order valence-electron chi connectivity index (χ2n) is 1.79. The molecule has 1 rings (SSSR count). The van der Waals surface area contributed by atoms with Gasteiger partial charge in [0.15, 0.2) is 0 Å². The third kappa shape index (κ3) is 11.0. The van der Waals surface area contributed by atoms with E-state index in [2.05, 4.69) is 11.3 Å². The first kappa shape index (κ1) is 8.21. The van der Waals surface area contributed by atoms with E-state index in [0.29, 0.717) is 0 Å². The van der Waals surface area contributed by atoms with Gasteiger partial charge in [0.25, 0.3) is 0 Å². The molecule has 1 saturated carbocycles. The summed E-state index contributed by atoms with van der Waals surface area (Å²) in [4.78, 5) is 9.84. The molecule has 0 unspecified atom stereocenters. The molecule has 1 fully saturated rings. The molecule has 0 atom stereocenters. The summed E-state index contributed by atoms with van der Waals surface area (Å²) in [6.45, 7) is 3.16. The molecule has 0 aromatic rings. The molecule has 0 spiro atoms. The Hall–Kier alpha value is -0.790. The van der Waals surface area contributed by atoms with Crippen molar-refractivity contribution in [3.63, 3.8) is 0 Å². The largest absolute Gasteiger partial charge is 0.466 e. The minimum absolute atomic E-state index is 0.394. The van der Waals surface area contributed by atoms with Crippen molar-refractivity contribution in [1.82, 2.24) is 0 Å². The Morgan fingerprint density at radius 1 is 1.56 bits per heavy atom. The lowest BCUT2D eigenvalue weighted by Crippen LogP contribution is -1.91. The first-order valence-corrected chi connectivity index (χ1v) is 3.01. The van der Waals surface area contributed by atoms with Gasteiger partial charge in [-0.25, -0.2) is 4.79 Å². The Labute approximate surface area is 55.5 Å². The van der Waals surface area contributed by atoms with Gasteiger partial charge in [-0.3, -0.25) is 0 Å². The molecule has 0 aromatic heterocycles. The van der Waals surface area contributed by atoms with Crippen LogP contribution in [0.25, 0.3) is 0 Å².